The zero-order valence-electron chi connectivity index (χ0n) is 25.8. The molecule has 0 bridgehead atoms. The Bertz CT molecular complexity index is 1220. The van der Waals surface area contributed by atoms with Gasteiger partial charge in [0, 0.05) is 17.4 Å². The first-order chi connectivity index (χ1) is 20.3. The van der Waals surface area contributed by atoms with Gasteiger partial charge in [-0.2, -0.15) is 0 Å². The number of aliphatic hydroxyl groups is 1. The maximum Gasteiger partial charge on any atom is 0.508 e. The predicted molar refractivity (Wildman–Crippen MR) is 154 cm³/mol. The SMILES string of the molecule is CC1(C)O[C@@H]2C[C@@H]([C@@H]3CCC4=CC(=O)C=C[C@]4(C)[C@@H]3F)[C@](C)(CCO)[C@]2(C(=O)COC(=O)OC2CC3(CCNCC3)C2)O1. The van der Waals surface area contributed by atoms with Gasteiger partial charge in [0.1, 0.15) is 12.3 Å². The van der Waals surface area contributed by atoms with Crippen molar-refractivity contribution < 1.29 is 42.8 Å². The highest BCUT2D eigenvalue weighted by atomic mass is 19.1. The molecule has 2 saturated heterocycles. The molecule has 0 unspecified atom stereocenters. The standard InChI is InChI=1S/C33H46FNO8/c1-29(2)42-26-16-24(23-6-5-20-15-21(37)7-8-30(20,3)27(23)34)31(4,11-14-36)33(26,43-29)25(38)19-40-28(39)41-22-17-32(18-22)9-12-35-13-10-32/h7-8,15,22-24,26-27,35-36H,5-6,9-14,16-19H2,1-4H3/t23-,24-,26+,27+,30-,31-,33+/m0/s1. The van der Waals surface area contributed by atoms with Crippen molar-refractivity contribution in [2.75, 3.05) is 26.3 Å². The molecule has 0 aromatic heterocycles. The van der Waals surface area contributed by atoms with Crippen LogP contribution in [0.5, 0.6) is 0 Å². The molecule has 2 aliphatic heterocycles. The summed E-state index contributed by atoms with van der Waals surface area (Å²) < 4.78 is 40.4. The minimum absolute atomic E-state index is 0.131. The van der Waals surface area contributed by atoms with E-state index in [4.69, 9.17) is 18.9 Å². The number of carbonyl (C=O) groups excluding carboxylic acids is 3. The Morgan fingerprint density at radius 3 is 2.58 bits per heavy atom. The molecule has 5 fully saturated rings. The maximum atomic E-state index is 16.6. The molecule has 2 heterocycles. The topological polar surface area (TPSA) is 120 Å². The first-order valence-electron chi connectivity index (χ1n) is 15.9. The quantitative estimate of drug-likeness (QED) is 0.409. The number of piperidine rings is 1. The molecule has 7 atom stereocenters. The van der Waals surface area contributed by atoms with Crippen LogP contribution in [0.1, 0.15) is 79.1 Å². The molecule has 4 aliphatic carbocycles. The molecular formula is C33H46FNO8. The summed E-state index contributed by atoms with van der Waals surface area (Å²) in [7, 11) is 0. The van der Waals surface area contributed by atoms with E-state index < -0.39 is 59.0 Å². The minimum atomic E-state index is -1.55. The zero-order valence-corrected chi connectivity index (χ0v) is 25.8. The average molecular weight is 604 g/mol. The van der Waals surface area contributed by atoms with Gasteiger partial charge in [0.2, 0.25) is 5.78 Å². The number of nitrogens with one attached hydrogen (secondary N) is 1. The van der Waals surface area contributed by atoms with Crippen molar-refractivity contribution in [2.45, 2.75) is 109 Å². The highest BCUT2D eigenvalue weighted by Crippen LogP contribution is 2.65. The second-order valence-corrected chi connectivity index (χ2v) is 14.7. The fourth-order valence-electron chi connectivity index (χ4n) is 9.60. The number of hydrogen-bond donors (Lipinski definition) is 2. The molecule has 1 spiro atoms. The van der Waals surface area contributed by atoms with E-state index in [9.17, 15) is 19.5 Å². The molecule has 9 nitrogen and oxygen atoms in total. The number of Topliss-reactive ketones (excluding diaryl/α,β-unsaturated/α-hetero) is 1. The molecule has 0 radical (unpaired) electrons. The van der Waals surface area contributed by atoms with Crippen molar-refractivity contribution in [1.82, 2.24) is 5.32 Å². The third kappa shape index (κ3) is 4.91. The lowest BCUT2D eigenvalue weighted by Gasteiger charge is -2.51. The van der Waals surface area contributed by atoms with Crippen LogP contribution in [0.2, 0.25) is 0 Å². The minimum Gasteiger partial charge on any atom is -0.431 e. The number of allylic oxidation sites excluding steroid dienone is 4. The van der Waals surface area contributed by atoms with Crippen LogP contribution >= 0.6 is 0 Å². The third-order valence-corrected chi connectivity index (χ3v) is 11.9. The van der Waals surface area contributed by atoms with Crippen molar-refractivity contribution in [3.05, 3.63) is 23.8 Å². The van der Waals surface area contributed by atoms with E-state index in [0.29, 0.717) is 19.3 Å². The van der Waals surface area contributed by atoms with E-state index in [1.165, 1.54) is 6.08 Å². The number of ether oxygens (including phenoxy) is 4. The van der Waals surface area contributed by atoms with Gasteiger partial charge >= 0.3 is 6.16 Å². The molecule has 3 saturated carbocycles. The summed E-state index contributed by atoms with van der Waals surface area (Å²) in [5.74, 6) is -2.54. The molecule has 0 aromatic carbocycles. The van der Waals surface area contributed by atoms with Crippen LogP contribution in [-0.4, -0.2) is 78.9 Å². The first-order valence-corrected chi connectivity index (χ1v) is 15.9. The highest BCUT2D eigenvalue weighted by molar-refractivity contribution is 6.01. The van der Waals surface area contributed by atoms with Crippen molar-refractivity contribution in [1.29, 1.82) is 0 Å². The average Bonchev–Trinajstić information content (AvgIpc) is 3.34. The van der Waals surface area contributed by atoms with E-state index in [1.807, 2.05) is 13.8 Å². The van der Waals surface area contributed by atoms with Gasteiger partial charge in [-0.3, -0.25) is 9.59 Å². The summed E-state index contributed by atoms with van der Waals surface area (Å²) >= 11 is 0. The van der Waals surface area contributed by atoms with Gasteiger partial charge in [-0.05, 0) is 115 Å². The third-order valence-electron chi connectivity index (χ3n) is 11.9. The van der Waals surface area contributed by atoms with Gasteiger partial charge in [0.25, 0.3) is 0 Å². The van der Waals surface area contributed by atoms with E-state index in [2.05, 4.69) is 5.32 Å². The lowest BCUT2D eigenvalue weighted by atomic mass is 9.56. The largest absolute Gasteiger partial charge is 0.508 e. The van der Waals surface area contributed by atoms with Gasteiger partial charge in [-0.25, -0.2) is 9.18 Å². The second-order valence-electron chi connectivity index (χ2n) is 14.7. The molecule has 0 aromatic rings. The Balaban J connectivity index is 1.20. The van der Waals surface area contributed by atoms with Crippen LogP contribution in [-0.2, 0) is 28.5 Å². The highest BCUT2D eigenvalue weighted by Gasteiger charge is 2.74. The number of hydrogen-bond acceptors (Lipinski definition) is 9. The summed E-state index contributed by atoms with van der Waals surface area (Å²) in [5, 5.41) is 13.6. The van der Waals surface area contributed by atoms with Gasteiger partial charge in [-0.1, -0.05) is 18.6 Å². The van der Waals surface area contributed by atoms with Gasteiger partial charge < -0.3 is 29.4 Å². The van der Waals surface area contributed by atoms with Crippen molar-refractivity contribution in [2.24, 2.45) is 28.1 Å². The lowest BCUT2D eigenvalue weighted by Crippen LogP contribution is -2.59. The van der Waals surface area contributed by atoms with Crippen molar-refractivity contribution >= 4 is 17.7 Å². The molecular weight excluding hydrogens is 557 g/mol. The molecule has 238 valence electrons. The molecule has 43 heavy (non-hydrogen) atoms. The molecule has 2 N–H and O–H groups in total. The van der Waals surface area contributed by atoms with Gasteiger partial charge in [0.05, 0.1) is 6.10 Å². The summed E-state index contributed by atoms with van der Waals surface area (Å²) in [6, 6.07) is 0. The Labute approximate surface area is 252 Å². The summed E-state index contributed by atoms with van der Waals surface area (Å²) in [5.41, 5.74) is -2.47. The normalized spacial score (nSPS) is 41.3. The van der Waals surface area contributed by atoms with E-state index in [1.54, 1.807) is 26.0 Å². The molecule has 10 heteroatoms. The molecule has 6 aliphatic rings. The van der Waals surface area contributed by atoms with Crippen LogP contribution in [0, 0.1) is 28.1 Å². The van der Waals surface area contributed by atoms with E-state index >= 15 is 4.39 Å². The first kappa shape index (κ1) is 30.9. The van der Waals surface area contributed by atoms with Crippen LogP contribution < -0.4 is 5.32 Å². The monoisotopic (exact) mass is 603 g/mol. The number of alkyl halides is 1. The Morgan fingerprint density at radius 1 is 1.16 bits per heavy atom. The second kappa shape index (κ2) is 10.7. The summed E-state index contributed by atoms with van der Waals surface area (Å²) in [4.78, 5) is 38.9. The van der Waals surface area contributed by atoms with Crippen LogP contribution in [0.4, 0.5) is 9.18 Å². The molecule has 6 rings (SSSR count). The van der Waals surface area contributed by atoms with Gasteiger partial charge in [0.15, 0.2) is 23.8 Å². The predicted octanol–water partition coefficient (Wildman–Crippen LogP) is 4.36. The number of aliphatic hydroxyl groups excluding tert-OH is 1. The van der Waals surface area contributed by atoms with Gasteiger partial charge in [-0.15, -0.1) is 0 Å². The smallest absolute Gasteiger partial charge is 0.431 e. The zero-order chi connectivity index (χ0) is 30.8. The number of ketones is 2. The van der Waals surface area contributed by atoms with E-state index in [0.717, 1.165) is 44.3 Å². The fourth-order valence-corrected chi connectivity index (χ4v) is 9.60. The Kier molecular flexibility index (Phi) is 7.71. The summed E-state index contributed by atoms with van der Waals surface area (Å²) in [6.45, 7) is 8.31. The number of halogens is 1. The number of rotatable bonds is 7. The van der Waals surface area contributed by atoms with Crippen LogP contribution in [0.15, 0.2) is 23.8 Å². The summed E-state index contributed by atoms with van der Waals surface area (Å²) in [6.07, 6.45) is 6.87. The van der Waals surface area contributed by atoms with Crippen molar-refractivity contribution in [3.63, 3.8) is 0 Å². The van der Waals surface area contributed by atoms with Crippen LogP contribution in [0.3, 0.4) is 0 Å². The number of carbonyl (C=O) groups is 3. The van der Waals surface area contributed by atoms with E-state index in [-0.39, 0.29) is 36.2 Å². The molecule has 0 amide bonds. The van der Waals surface area contributed by atoms with Crippen molar-refractivity contribution in [3.8, 4) is 0 Å². The Hall–Kier alpha value is -2.14. The van der Waals surface area contributed by atoms with Crippen LogP contribution in [0.25, 0.3) is 0 Å². The fraction of sp³-hybridized carbons (Fsp3) is 0.788. The maximum absolute atomic E-state index is 16.6. The number of fused-ring (bicyclic) bond motifs is 2. The lowest BCUT2D eigenvalue weighted by molar-refractivity contribution is -0.210. The Morgan fingerprint density at radius 2 is 1.88 bits per heavy atom.